The van der Waals surface area contributed by atoms with Crippen molar-refractivity contribution in [3.63, 3.8) is 0 Å². The lowest BCUT2D eigenvalue weighted by Crippen LogP contribution is -2.22. The van der Waals surface area contributed by atoms with E-state index >= 15 is 0 Å². The largest absolute Gasteiger partial charge is 0.198 e. The number of fused-ring (bicyclic) bond motifs is 1. The van der Waals surface area contributed by atoms with Crippen LogP contribution >= 0.6 is 23.2 Å². The fourth-order valence-corrected chi connectivity index (χ4v) is 3.37. The summed E-state index contributed by atoms with van der Waals surface area (Å²) in [6, 6.07) is 16.4. The van der Waals surface area contributed by atoms with Gasteiger partial charge in [-0.1, -0.05) is 59.6 Å². The van der Waals surface area contributed by atoms with Gasteiger partial charge in [-0.25, -0.2) is 0 Å². The van der Waals surface area contributed by atoms with E-state index in [4.69, 9.17) is 23.2 Å². The number of hydrogen-bond donors (Lipinski definition) is 0. The summed E-state index contributed by atoms with van der Waals surface area (Å²) in [4.78, 5) is 0. The number of benzene rings is 2. The van der Waals surface area contributed by atoms with Gasteiger partial charge in [0.1, 0.15) is 0 Å². The van der Waals surface area contributed by atoms with Crippen LogP contribution in [0.1, 0.15) is 16.7 Å². The van der Waals surface area contributed by atoms with Crippen molar-refractivity contribution < 1.29 is 0 Å². The number of nitrogens with zero attached hydrogens (tertiary/aromatic N) is 1. The number of hydrogen-bond acceptors (Lipinski definition) is 1. The minimum Gasteiger partial charge on any atom is -0.198 e. The van der Waals surface area contributed by atoms with Crippen molar-refractivity contribution in [3.05, 3.63) is 69.2 Å². The van der Waals surface area contributed by atoms with Gasteiger partial charge < -0.3 is 0 Å². The molecule has 0 saturated carbocycles. The maximum absolute atomic E-state index is 9.68. The monoisotopic (exact) mass is 301 g/mol. The van der Waals surface area contributed by atoms with Crippen molar-refractivity contribution in [3.8, 4) is 6.07 Å². The molecule has 0 radical (unpaired) electrons. The van der Waals surface area contributed by atoms with Gasteiger partial charge in [0.2, 0.25) is 0 Å². The average molecular weight is 302 g/mol. The minimum atomic E-state index is -0.405. The Balaban J connectivity index is 1.94. The minimum absolute atomic E-state index is 0.405. The fourth-order valence-electron chi connectivity index (χ4n) is 2.99. The molecular weight excluding hydrogens is 289 g/mol. The number of rotatable bonds is 2. The van der Waals surface area contributed by atoms with E-state index in [1.165, 1.54) is 11.1 Å². The molecule has 0 fully saturated rings. The second-order valence-electron chi connectivity index (χ2n) is 5.40. The Morgan fingerprint density at radius 3 is 2.25 bits per heavy atom. The summed E-state index contributed by atoms with van der Waals surface area (Å²) in [5.74, 6) is 0. The molecule has 0 unspecified atom stereocenters. The molecule has 0 amide bonds. The van der Waals surface area contributed by atoms with E-state index in [-0.39, 0.29) is 0 Å². The zero-order valence-electron chi connectivity index (χ0n) is 10.9. The molecule has 0 bridgehead atoms. The first kappa shape index (κ1) is 13.5. The van der Waals surface area contributed by atoms with Gasteiger partial charge in [0.15, 0.2) is 0 Å². The van der Waals surface area contributed by atoms with Gasteiger partial charge in [-0.15, -0.1) is 0 Å². The Hall–Kier alpha value is -1.49. The molecule has 0 N–H and O–H groups in total. The first-order valence-electron chi connectivity index (χ1n) is 6.54. The summed E-state index contributed by atoms with van der Waals surface area (Å²) in [6.45, 7) is 0. The highest BCUT2D eigenvalue weighted by atomic mass is 35.5. The molecule has 1 aliphatic carbocycles. The fraction of sp³-hybridized carbons (Fsp3) is 0.235. The lowest BCUT2D eigenvalue weighted by Gasteiger charge is -2.21. The molecule has 0 aromatic heterocycles. The highest BCUT2D eigenvalue weighted by molar-refractivity contribution is 6.42. The summed E-state index contributed by atoms with van der Waals surface area (Å²) in [5, 5.41) is 10.8. The molecule has 0 saturated heterocycles. The van der Waals surface area contributed by atoms with Crippen LogP contribution in [-0.2, 0) is 19.3 Å². The van der Waals surface area contributed by atoms with Crippen LogP contribution in [0.3, 0.4) is 0 Å². The van der Waals surface area contributed by atoms with Crippen molar-refractivity contribution in [2.75, 3.05) is 0 Å². The van der Waals surface area contributed by atoms with Gasteiger partial charge in [-0.2, -0.15) is 5.26 Å². The summed E-state index contributed by atoms with van der Waals surface area (Å²) < 4.78 is 0. The standard InChI is InChI=1S/C17H13Cl2N/c18-15-7-3-6-14(16(15)19)10-17(11-20)8-12-4-1-2-5-13(12)9-17/h1-7H,8-10H2. The second-order valence-corrected chi connectivity index (χ2v) is 6.19. The van der Waals surface area contributed by atoms with E-state index in [9.17, 15) is 5.26 Å². The van der Waals surface area contributed by atoms with Crippen LogP contribution in [0.15, 0.2) is 42.5 Å². The van der Waals surface area contributed by atoms with E-state index < -0.39 is 5.41 Å². The maximum atomic E-state index is 9.68. The zero-order valence-corrected chi connectivity index (χ0v) is 12.4. The first-order chi connectivity index (χ1) is 9.63. The lowest BCUT2D eigenvalue weighted by molar-refractivity contribution is 0.418. The van der Waals surface area contributed by atoms with Crippen molar-refractivity contribution in [1.29, 1.82) is 5.26 Å². The van der Waals surface area contributed by atoms with Gasteiger partial charge in [0.25, 0.3) is 0 Å². The Labute approximate surface area is 128 Å². The van der Waals surface area contributed by atoms with E-state index in [0.717, 1.165) is 18.4 Å². The third-order valence-corrected chi connectivity index (χ3v) is 4.83. The van der Waals surface area contributed by atoms with Gasteiger partial charge in [-0.05, 0) is 42.0 Å². The molecule has 3 rings (SSSR count). The van der Waals surface area contributed by atoms with Gasteiger partial charge in [0, 0.05) is 0 Å². The van der Waals surface area contributed by atoms with Crippen molar-refractivity contribution in [1.82, 2.24) is 0 Å². The molecule has 0 atom stereocenters. The predicted molar refractivity (Wildman–Crippen MR) is 82.1 cm³/mol. The predicted octanol–water partition coefficient (Wildman–Crippen LogP) is 4.84. The van der Waals surface area contributed by atoms with Crippen LogP contribution in [0.2, 0.25) is 10.0 Å². The molecule has 2 aromatic rings. The van der Waals surface area contributed by atoms with Gasteiger partial charge in [-0.3, -0.25) is 0 Å². The van der Waals surface area contributed by atoms with E-state index in [1.54, 1.807) is 6.07 Å². The molecular formula is C17H13Cl2N. The molecule has 2 aromatic carbocycles. The molecule has 0 spiro atoms. The van der Waals surface area contributed by atoms with Gasteiger partial charge in [0.05, 0.1) is 21.5 Å². The normalized spacial score (nSPS) is 15.7. The van der Waals surface area contributed by atoms with E-state index in [1.807, 2.05) is 24.3 Å². The lowest BCUT2D eigenvalue weighted by atomic mass is 9.80. The molecule has 100 valence electrons. The Kier molecular flexibility index (Phi) is 3.46. The summed E-state index contributed by atoms with van der Waals surface area (Å²) in [5.41, 5.74) is 3.09. The maximum Gasteiger partial charge on any atom is 0.0700 e. The highest BCUT2D eigenvalue weighted by Gasteiger charge is 2.38. The van der Waals surface area contributed by atoms with Crippen molar-refractivity contribution >= 4 is 23.2 Å². The number of halogens is 2. The van der Waals surface area contributed by atoms with Crippen LogP contribution in [0, 0.1) is 16.7 Å². The molecule has 0 heterocycles. The van der Waals surface area contributed by atoms with E-state index in [2.05, 4.69) is 18.2 Å². The first-order valence-corrected chi connectivity index (χ1v) is 7.30. The molecule has 0 aliphatic heterocycles. The second kappa shape index (κ2) is 5.13. The smallest absolute Gasteiger partial charge is 0.0700 e. The zero-order chi connectivity index (χ0) is 14.2. The molecule has 3 heteroatoms. The Bertz CT molecular complexity index is 675. The molecule has 20 heavy (non-hydrogen) atoms. The van der Waals surface area contributed by atoms with Crippen LogP contribution in [0.5, 0.6) is 0 Å². The SMILES string of the molecule is N#CC1(Cc2cccc(Cl)c2Cl)Cc2ccccc2C1. The van der Waals surface area contributed by atoms with E-state index in [0.29, 0.717) is 16.5 Å². The third-order valence-electron chi connectivity index (χ3n) is 3.97. The third kappa shape index (κ3) is 2.30. The molecule has 1 nitrogen and oxygen atoms in total. The van der Waals surface area contributed by atoms with Crippen molar-refractivity contribution in [2.24, 2.45) is 5.41 Å². The number of nitriles is 1. The highest BCUT2D eigenvalue weighted by Crippen LogP contribution is 2.41. The summed E-state index contributed by atoms with van der Waals surface area (Å²) in [6.07, 6.45) is 2.20. The van der Waals surface area contributed by atoms with Crippen LogP contribution < -0.4 is 0 Å². The van der Waals surface area contributed by atoms with Crippen LogP contribution in [0.25, 0.3) is 0 Å². The average Bonchev–Trinajstić information content (AvgIpc) is 2.83. The Morgan fingerprint density at radius 2 is 1.65 bits per heavy atom. The van der Waals surface area contributed by atoms with Crippen molar-refractivity contribution in [2.45, 2.75) is 19.3 Å². The molecule has 1 aliphatic rings. The quantitative estimate of drug-likeness (QED) is 0.778. The van der Waals surface area contributed by atoms with Gasteiger partial charge >= 0.3 is 0 Å². The summed E-state index contributed by atoms with van der Waals surface area (Å²) >= 11 is 12.3. The van der Waals surface area contributed by atoms with Crippen LogP contribution in [-0.4, -0.2) is 0 Å². The van der Waals surface area contributed by atoms with Crippen LogP contribution in [0.4, 0.5) is 0 Å². The topological polar surface area (TPSA) is 23.8 Å². The summed E-state index contributed by atoms with van der Waals surface area (Å²) in [7, 11) is 0. The Morgan fingerprint density at radius 1 is 1.00 bits per heavy atom.